The standard InChI is InChI=1S/C17H20N6/c1-3-14-10-20-17(21-11-14)22-7-8-23(13(2)12-22)16-15(9-18)5-4-6-19-16/h4-6,10-11,13H,3,7-8,12H2,1-2H3. The summed E-state index contributed by atoms with van der Waals surface area (Å²) < 4.78 is 0. The summed E-state index contributed by atoms with van der Waals surface area (Å²) in [7, 11) is 0. The molecule has 0 amide bonds. The second kappa shape index (κ2) is 6.61. The maximum absolute atomic E-state index is 9.27. The van der Waals surface area contributed by atoms with Gasteiger partial charge >= 0.3 is 0 Å². The second-order valence-electron chi connectivity index (χ2n) is 5.72. The number of hydrogen-bond acceptors (Lipinski definition) is 6. The van der Waals surface area contributed by atoms with Crippen molar-refractivity contribution in [3.05, 3.63) is 41.9 Å². The van der Waals surface area contributed by atoms with E-state index in [9.17, 15) is 5.26 Å². The summed E-state index contributed by atoms with van der Waals surface area (Å²) in [5.41, 5.74) is 1.77. The van der Waals surface area contributed by atoms with Gasteiger partial charge in [0.1, 0.15) is 11.9 Å². The molecule has 1 aliphatic heterocycles. The molecule has 118 valence electrons. The highest BCUT2D eigenvalue weighted by molar-refractivity contribution is 5.55. The van der Waals surface area contributed by atoms with Crippen LogP contribution in [0, 0.1) is 11.3 Å². The van der Waals surface area contributed by atoms with Gasteiger partial charge < -0.3 is 9.80 Å². The summed E-state index contributed by atoms with van der Waals surface area (Å²) in [6.45, 7) is 6.66. The predicted octanol–water partition coefficient (Wildman–Crippen LogP) is 2.02. The maximum Gasteiger partial charge on any atom is 0.225 e. The Kier molecular flexibility index (Phi) is 4.38. The van der Waals surface area contributed by atoms with Gasteiger partial charge in [0.15, 0.2) is 0 Å². The quantitative estimate of drug-likeness (QED) is 0.864. The molecule has 0 aliphatic carbocycles. The average Bonchev–Trinajstić information content (AvgIpc) is 2.61. The Hall–Kier alpha value is -2.68. The van der Waals surface area contributed by atoms with E-state index in [0.29, 0.717) is 5.56 Å². The third kappa shape index (κ3) is 3.09. The van der Waals surface area contributed by atoms with Crippen molar-refractivity contribution < 1.29 is 0 Å². The van der Waals surface area contributed by atoms with Gasteiger partial charge in [-0.1, -0.05) is 6.92 Å². The first-order valence-corrected chi connectivity index (χ1v) is 7.90. The molecule has 0 radical (unpaired) electrons. The van der Waals surface area contributed by atoms with Crippen molar-refractivity contribution in [1.82, 2.24) is 15.0 Å². The highest BCUT2D eigenvalue weighted by Crippen LogP contribution is 2.23. The van der Waals surface area contributed by atoms with E-state index in [0.717, 1.165) is 43.4 Å². The minimum atomic E-state index is 0.236. The third-order valence-electron chi connectivity index (χ3n) is 4.19. The summed E-state index contributed by atoms with van der Waals surface area (Å²) >= 11 is 0. The summed E-state index contributed by atoms with van der Waals surface area (Å²) in [5, 5.41) is 9.27. The molecule has 2 aromatic rings. The van der Waals surface area contributed by atoms with E-state index < -0.39 is 0 Å². The predicted molar refractivity (Wildman–Crippen MR) is 89.4 cm³/mol. The van der Waals surface area contributed by atoms with Crippen molar-refractivity contribution in [1.29, 1.82) is 5.26 Å². The Labute approximate surface area is 136 Å². The molecule has 2 aromatic heterocycles. The number of piperazine rings is 1. The molecule has 0 spiro atoms. The average molecular weight is 308 g/mol. The zero-order valence-corrected chi connectivity index (χ0v) is 13.5. The van der Waals surface area contributed by atoms with Gasteiger partial charge in [-0.25, -0.2) is 15.0 Å². The van der Waals surface area contributed by atoms with Crippen LogP contribution in [-0.4, -0.2) is 40.6 Å². The van der Waals surface area contributed by atoms with Gasteiger partial charge in [-0.3, -0.25) is 0 Å². The van der Waals surface area contributed by atoms with Crippen molar-refractivity contribution >= 4 is 11.8 Å². The Morgan fingerprint density at radius 2 is 2.04 bits per heavy atom. The molecule has 23 heavy (non-hydrogen) atoms. The zero-order chi connectivity index (χ0) is 16.2. The normalized spacial score (nSPS) is 17.9. The highest BCUT2D eigenvalue weighted by atomic mass is 15.3. The molecule has 6 nitrogen and oxygen atoms in total. The summed E-state index contributed by atoms with van der Waals surface area (Å²) in [5.74, 6) is 1.54. The number of aromatic nitrogens is 3. The molecule has 6 heteroatoms. The maximum atomic E-state index is 9.27. The molecule has 0 N–H and O–H groups in total. The van der Waals surface area contributed by atoms with Crippen LogP contribution in [0.25, 0.3) is 0 Å². The fraction of sp³-hybridized carbons (Fsp3) is 0.412. The van der Waals surface area contributed by atoms with Crippen LogP contribution in [0.3, 0.4) is 0 Å². The Morgan fingerprint density at radius 3 is 2.70 bits per heavy atom. The molecule has 1 unspecified atom stereocenters. The molecule has 0 saturated carbocycles. The lowest BCUT2D eigenvalue weighted by Crippen LogP contribution is -2.53. The van der Waals surface area contributed by atoms with Crippen LogP contribution in [-0.2, 0) is 6.42 Å². The van der Waals surface area contributed by atoms with E-state index in [1.807, 2.05) is 18.5 Å². The highest BCUT2D eigenvalue weighted by Gasteiger charge is 2.27. The van der Waals surface area contributed by atoms with Crippen LogP contribution in [0.1, 0.15) is 25.0 Å². The van der Waals surface area contributed by atoms with Gasteiger partial charge in [0.25, 0.3) is 0 Å². The van der Waals surface area contributed by atoms with Crippen molar-refractivity contribution in [2.75, 3.05) is 29.4 Å². The van der Waals surface area contributed by atoms with Crippen LogP contribution in [0.2, 0.25) is 0 Å². The summed E-state index contributed by atoms with van der Waals surface area (Å²) in [4.78, 5) is 17.7. The second-order valence-corrected chi connectivity index (χ2v) is 5.72. The van der Waals surface area contributed by atoms with Crippen LogP contribution >= 0.6 is 0 Å². The molecule has 0 bridgehead atoms. The lowest BCUT2D eigenvalue weighted by atomic mass is 10.1. The summed E-state index contributed by atoms with van der Waals surface area (Å²) in [6, 6.07) is 6.07. The third-order valence-corrected chi connectivity index (χ3v) is 4.19. The Balaban J connectivity index is 1.75. The zero-order valence-electron chi connectivity index (χ0n) is 13.5. The molecular weight excluding hydrogens is 288 g/mol. The lowest BCUT2D eigenvalue weighted by molar-refractivity contribution is 0.538. The SMILES string of the molecule is CCc1cnc(N2CCN(c3ncccc3C#N)C(C)C2)nc1. The van der Waals surface area contributed by atoms with Gasteiger partial charge in [-0.2, -0.15) is 5.26 Å². The minimum absolute atomic E-state index is 0.236. The van der Waals surface area contributed by atoms with Gasteiger partial charge in [-0.15, -0.1) is 0 Å². The van der Waals surface area contributed by atoms with Gasteiger partial charge in [0.05, 0.1) is 5.56 Å². The number of aryl methyl sites for hydroxylation is 1. The number of hydrogen-bond donors (Lipinski definition) is 0. The Morgan fingerprint density at radius 1 is 1.26 bits per heavy atom. The molecule has 3 heterocycles. The van der Waals surface area contributed by atoms with Crippen molar-refractivity contribution in [3.63, 3.8) is 0 Å². The number of nitrogens with zero attached hydrogens (tertiary/aromatic N) is 6. The van der Waals surface area contributed by atoms with E-state index in [1.54, 1.807) is 12.3 Å². The van der Waals surface area contributed by atoms with E-state index in [-0.39, 0.29) is 6.04 Å². The van der Waals surface area contributed by atoms with Gasteiger partial charge in [0, 0.05) is 44.3 Å². The van der Waals surface area contributed by atoms with Crippen LogP contribution < -0.4 is 9.80 Å². The Bertz CT molecular complexity index is 706. The number of pyridine rings is 1. The molecule has 0 aromatic carbocycles. The smallest absolute Gasteiger partial charge is 0.225 e. The largest absolute Gasteiger partial charge is 0.349 e. The van der Waals surface area contributed by atoms with Crippen molar-refractivity contribution in [3.8, 4) is 6.07 Å². The van der Waals surface area contributed by atoms with Crippen molar-refractivity contribution in [2.45, 2.75) is 26.3 Å². The molecular formula is C17H20N6. The number of nitriles is 1. The molecule has 3 rings (SSSR count). The van der Waals surface area contributed by atoms with Crippen LogP contribution in [0.4, 0.5) is 11.8 Å². The van der Waals surface area contributed by atoms with E-state index in [4.69, 9.17) is 0 Å². The molecule has 1 saturated heterocycles. The van der Waals surface area contributed by atoms with E-state index >= 15 is 0 Å². The fourth-order valence-electron chi connectivity index (χ4n) is 2.86. The van der Waals surface area contributed by atoms with Crippen molar-refractivity contribution in [2.24, 2.45) is 0 Å². The fourth-order valence-corrected chi connectivity index (χ4v) is 2.86. The first-order chi connectivity index (χ1) is 11.2. The summed E-state index contributed by atoms with van der Waals surface area (Å²) in [6.07, 6.45) is 6.47. The monoisotopic (exact) mass is 308 g/mol. The molecule has 1 aliphatic rings. The first-order valence-electron chi connectivity index (χ1n) is 7.90. The van der Waals surface area contributed by atoms with Crippen LogP contribution in [0.15, 0.2) is 30.7 Å². The number of anilines is 2. The van der Waals surface area contributed by atoms with E-state index in [2.05, 4.69) is 44.7 Å². The van der Waals surface area contributed by atoms with Crippen LogP contribution in [0.5, 0.6) is 0 Å². The molecule has 1 atom stereocenters. The van der Waals surface area contributed by atoms with Gasteiger partial charge in [-0.05, 0) is 31.0 Å². The minimum Gasteiger partial charge on any atom is -0.349 e. The topological polar surface area (TPSA) is 68.9 Å². The first kappa shape index (κ1) is 15.2. The van der Waals surface area contributed by atoms with E-state index in [1.165, 1.54) is 0 Å². The lowest BCUT2D eigenvalue weighted by Gasteiger charge is -2.40. The number of rotatable bonds is 3. The molecule has 1 fully saturated rings. The van der Waals surface area contributed by atoms with Gasteiger partial charge in [0.2, 0.25) is 5.95 Å².